The first-order valence-electron chi connectivity index (χ1n) is 10.5. The van der Waals surface area contributed by atoms with Gasteiger partial charge in [-0.05, 0) is 48.2 Å². The van der Waals surface area contributed by atoms with Gasteiger partial charge in [0.05, 0.1) is 6.04 Å². The quantitative estimate of drug-likeness (QED) is 0.590. The zero-order valence-corrected chi connectivity index (χ0v) is 19.0. The van der Waals surface area contributed by atoms with Crippen LogP contribution in [-0.4, -0.2) is 36.7 Å². The van der Waals surface area contributed by atoms with E-state index in [4.69, 9.17) is 11.6 Å². The van der Waals surface area contributed by atoms with Gasteiger partial charge in [-0.3, -0.25) is 9.78 Å². The summed E-state index contributed by atoms with van der Waals surface area (Å²) in [7, 11) is -3.60. The number of pyridine rings is 1. The minimum atomic E-state index is -3.60. The average molecular weight is 470 g/mol. The van der Waals surface area contributed by atoms with Crippen LogP contribution in [0.1, 0.15) is 30.0 Å². The SMILES string of the molecule is O=C(NC(c1ccccc1)c1ccc(Cl)cc1)C1CCN(S(=O)(=O)c2cccnc2)CC1. The summed E-state index contributed by atoms with van der Waals surface area (Å²) in [6, 6.07) is 20.0. The molecule has 1 amide bonds. The summed E-state index contributed by atoms with van der Waals surface area (Å²) in [6.45, 7) is 0.596. The lowest BCUT2D eigenvalue weighted by Crippen LogP contribution is -2.43. The van der Waals surface area contributed by atoms with Gasteiger partial charge in [0.1, 0.15) is 4.90 Å². The molecule has 3 aromatic rings. The highest BCUT2D eigenvalue weighted by Crippen LogP contribution is 2.27. The van der Waals surface area contributed by atoms with E-state index in [9.17, 15) is 13.2 Å². The van der Waals surface area contributed by atoms with Gasteiger partial charge in [-0.25, -0.2) is 8.42 Å². The lowest BCUT2D eigenvalue weighted by atomic mass is 9.94. The van der Waals surface area contributed by atoms with Crippen molar-refractivity contribution in [3.63, 3.8) is 0 Å². The van der Waals surface area contributed by atoms with Crippen LogP contribution in [0.5, 0.6) is 0 Å². The van der Waals surface area contributed by atoms with E-state index in [0.717, 1.165) is 11.1 Å². The number of benzene rings is 2. The van der Waals surface area contributed by atoms with Crippen molar-refractivity contribution in [3.8, 4) is 0 Å². The Morgan fingerprint density at radius 3 is 2.25 bits per heavy atom. The molecule has 1 aliphatic heterocycles. The molecule has 2 aromatic carbocycles. The van der Waals surface area contributed by atoms with Gasteiger partial charge in [-0.2, -0.15) is 4.31 Å². The highest BCUT2D eigenvalue weighted by atomic mass is 35.5. The molecule has 1 aliphatic rings. The fraction of sp³-hybridized carbons (Fsp3) is 0.250. The minimum absolute atomic E-state index is 0.0766. The van der Waals surface area contributed by atoms with E-state index in [1.54, 1.807) is 24.4 Å². The Hall–Kier alpha value is -2.74. The van der Waals surface area contributed by atoms with E-state index in [0.29, 0.717) is 31.0 Å². The standard InChI is InChI=1S/C24H24ClN3O3S/c25-21-10-8-19(9-11-21)23(18-5-2-1-3-6-18)27-24(29)20-12-15-28(16-13-20)32(30,31)22-7-4-14-26-17-22/h1-11,14,17,20,23H,12-13,15-16H2,(H,27,29). The zero-order chi connectivity index (χ0) is 22.6. The van der Waals surface area contributed by atoms with Crippen LogP contribution < -0.4 is 5.32 Å². The van der Waals surface area contributed by atoms with E-state index in [-0.39, 0.29) is 22.8 Å². The molecule has 0 spiro atoms. The Morgan fingerprint density at radius 1 is 0.969 bits per heavy atom. The van der Waals surface area contributed by atoms with Crippen LogP contribution in [-0.2, 0) is 14.8 Å². The number of amides is 1. The van der Waals surface area contributed by atoms with Gasteiger partial charge in [0.15, 0.2) is 0 Å². The molecule has 1 aromatic heterocycles. The van der Waals surface area contributed by atoms with Gasteiger partial charge in [0.2, 0.25) is 15.9 Å². The van der Waals surface area contributed by atoms with Gasteiger partial charge >= 0.3 is 0 Å². The molecule has 0 radical (unpaired) electrons. The predicted octanol–water partition coefficient (Wildman–Crippen LogP) is 4.04. The maximum absolute atomic E-state index is 13.1. The van der Waals surface area contributed by atoms with Crippen molar-refractivity contribution in [2.24, 2.45) is 5.92 Å². The summed E-state index contributed by atoms with van der Waals surface area (Å²) in [6.07, 6.45) is 3.82. The number of nitrogens with one attached hydrogen (secondary N) is 1. The molecule has 1 unspecified atom stereocenters. The van der Waals surface area contributed by atoms with Crippen molar-refractivity contribution in [2.45, 2.75) is 23.8 Å². The van der Waals surface area contributed by atoms with Crippen LogP contribution in [0.2, 0.25) is 5.02 Å². The van der Waals surface area contributed by atoms with Crippen molar-refractivity contribution in [3.05, 3.63) is 95.3 Å². The van der Waals surface area contributed by atoms with Crippen LogP contribution >= 0.6 is 11.6 Å². The average Bonchev–Trinajstić information content (AvgIpc) is 2.84. The Bertz CT molecular complexity index is 1150. The smallest absolute Gasteiger partial charge is 0.244 e. The second-order valence-electron chi connectivity index (χ2n) is 7.77. The largest absolute Gasteiger partial charge is 0.345 e. The molecule has 0 aliphatic carbocycles. The number of piperidine rings is 1. The third-order valence-corrected chi connectivity index (χ3v) is 7.85. The van der Waals surface area contributed by atoms with E-state index in [1.165, 1.54) is 16.6 Å². The number of hydrogen-bond acceptors (Lipinski definition) is 4. The topological polar surface area (TPSA) is 79.4 Å². The molecular formula is C24H24ClN3O3S. The van der Waals surface area contributed by atoms with E-state index in [2.05, 4.69) is 10.3 Å². The highest BCUT2D eigenvalue weighted by Gasteiger charge is 2.33. The van der Waals surface area contributed by atoms with Crippen LogP contribution in [0, 0.1) is 5.92 Å². The Balaban J connectivity index is 1.45. The third-order valence-electron chi connectivity index (χ3n) is 5.72. The molecule has 32 heavy (non-hydrogen) atoms. The number of nitrogens with zero attached hydrogens (tertiary/aromatic N) is 2. The van der Waals surface area contributed by atoms with Crippen LogP contribution in [0.4, 0.5) is 0 Å². The monoisotopic (exact) mass is 469 g/mol. The van der Waals surface area contributed by atoms with Crippen LogP contribution in [0.25, 0.3) is 0 Å². The summed E-state index contributed by atoms with van der Waals surface area (Å²) in [5, 5.41) is 3.80. The molecule has 4 rings (SSSR count). The molecule has 1 N–H and O–H groups in total. The molecular weight excluding hydrogens is 446 g/mol. The first-order valence-corrected chi connectivity index (χ1v) is 12.3. The minimum Gasteiger partial charge on any atom is -0.345 e. The third kappa shape index (κ3) is 5.01. The number of carbonyl (C=O) groups excluding carboxylic acids is 1. The first kappa shape index (κ1) is 22.5. The van der Waals surface area contributed by atoms with Crippen LogP contribution in [0.3, 0.4) is 0 Å². The molecule has 1 fully saturated rings. The van der Waals surface area contributed by atoms with Gasteiger partial charge < -0.3 is 5.32 Å². The predicted molar refractivity (Wildman–Crippen MR) is 124 cm³/mol. The van der Waals surface area contributed by atoms with Crippen molar-refractivity contribution >= 4 is 27.5 Å². The van der Waals surface area contributed by atoms with Crippen molar-refractivity contribution in [2.75, 3.05) is 13.1 Å². The highest BCUT2D eigenvalue weighted by molar-refractivity contribution is 7.89. The zero-order valence-electron chi connectivity index (χ0n) is 17.4. The maximum Gasteiger partial charge on any atom is 0.244 e. The summed E-state index contributed by atoms with van der Waals surface area (Å²) in [5.74, 6) is -0.332. The summed E-state index contributed by atoms with van der Waals surface area (Å²) in [4.78, 5) is 17.2. The second kappa shape index (κ2) is 9.81. The Kier molecular flexibility index (Phi) is 6.89. The molecule has 166 valence electrons. The van der Waals surface area contributed by atoms with Gasteiger partial charge in [-0.1, -0.05) is 54.1 Å². The van der Waals surface area contributed by atoms with Gasteiger partial charge in [0, 0.05) is 36.4 Å². The van der Waals surface area contributed by atoms with Crippen molar-refractivity contribution in [1.82, 2.24) is 14.6 Å². The number of sulfonamides is 1. The number of hydrogen-bond donors (Lipinski definition) is 1. The normalized spacial score (nSPS) is 16.4. The van der Waals surface area contributed by atoms with E-state index in [1.807, 2.05) is 42.5 Å². The summed E-state index contributed by atoms with van der Waals surface area (Å²) >= 11 is 6.04. The summed E-state index contributed by atoms with van der Waals surface area (Å²) < 4.78 is 27.1. The van der Waals surface area contributed by atoms with Crippen molar-refractivity contribution in [1.29, 1.82) is 0 Å². The van der Waals surface area contributed by atoms with Crippen LogP contribution in [0.15, 0.2) is 84.0 Å². The van der Waals surface area contributed by atoms with E-state index >= 15 is 0 Å². The number of carbonyl (C=O) groups is 1. The van der Waals surface area contributed by atoms with Crippen molar-refractivity contribution < 1.29 is 13.2 Å². The lowest BCUT2D eigenvalue weighted by Gasteiger charge is -2.31. The first-order chi connectivity index (χ1) is 15.4. The van der Waals surface area contributed by atoms with E-state index < -0.39 is 10.0 Å². The molecule has 6 nitrogen and oxygen atoms in total. The number of rotatable bonds is 6. The lowest BCUT2D eigenvalue weighted by molar-refractivity contribution is -0.126. The molecule has 0 saturated carbocycles. The molecule has 8 heteroatoms. The second-order valence-corrected chi connectivity index (χ2v) is 10.1. The fourth-order valence-corrected chi connectivity index (χ4v) is 5.49. The Morgan fingerprint density at radius 2 is 1.62 bits per heavy atom. The maximum atomic E-state index is 13.1. The van der Waals surface area contributed by atoms with Gasteiger partial charge in [0.25, 0.3) is 0 Å². The molecule has 0 bridgehead atoms. The summed E-state index contributed by atoms with van der Waals surface area (Å²) in [5.41, 5.74) is 1.91. The molecule has 2 heterocycles. The fourth-order valence-electron chi connectivity index (χ4n) is 3.93. The number of aromatic nitrogens is 1. The molecule has 1 saturated heterocycles. The Labute approximate surface area is 193 Å². The number of halogens is 1. The van der Waals surface area contributed by atoms with Gasteiger partial charge in [-0.15, -0.1) is 0 Å². The molecule has 1 atom stereocenters.